The van der Waals surface area contributed by atoms with Crippen molar-refractivity contribution in [2.75, 3.05) is 0 Å². The van der Waals surface area contributed by atoms with Gasteiger partial charge >= 0.3 is 5.97 Å². The number of carbonyl (C=O) groups excluding carboxylic acids is 2. The number of hydrogen-bond donors (Lipinski definition) is 1. The van der Waals surface area contributed by atoms with Crippen LogP contribution in [0.5, 0.6) is 0 Å². The van der Waals surface area contributed by atoms with Crippen LogP contribution in [-0.4, -0.2) is 33.9 Å². The maximum Gasteiger partial charge on any atom is 0.329 e. The molecule has 1 unspecified atom stereocenters. The second-order valence-electron chi connectivity index (χ2n) is 5.93. The van der Waals surface area contributed by atoms with Crippen molar-refractivity contribution in [3.05, 3.63) is 44.0 Å². The van der Waals surface area contributed by atoms with Crippen molar-refractivity contribution in [1.82, 2.24) is 5.32 Å². The number of esters is 1. The lowest BCUT2D eigenvalue weighted by Gasteiger charge is -2.22. The van der Waals surface area contributed by atoms with Crippen LogP contribution in [0.15, 0.2) is 18.2 Å². The zero-order valence-electron chi connectivity index (χ0n) is 14.2. The lowest BCUT2D eigenvalue weighted by molar-refractivity contribution is -0.394. The molecule has 1 aromatic rings. The van der Waals surface area contributed by atoms with Crippen LogP contribution >= 0.6 is 0 Å². The fourth-order valence-corrected chi connectivity index (χ4v) is 1.97. The highest BCUT2D eigenvalue weighted by Gasteiger charge is 2.28. The Morgan fingerprint density at radius 3 is 1.84 bits per heavy atom. The van der Waals surface area contributed by atoms with Gasteiger partial charge in [0, 0.05) is 12.1 Å². The molecule has 0 saturated heterocycles. The molecule has 10 heteroatoms. The van der Waals surface area contributed by atoms with Gasteiger partial charge in [0.1, 0.15) is 6.04 Å². The van der Waals surface area contributed by atoms with Crippen molar-refractivity contribution in [2.24, 2.45) is 5.92 Å². The molecule has 0 spiro atoms. The predicted octanol–water partition coefficient (Wildman–Crippen LogP) is 2.21. The number of rotatable bonds is 7. The minimum absolute atomic E-state index is 0.288. The summed E-state index contributed by atoms with van der Waals surface area (Å²) in [5.74, 6) is -1.81. The Morgan fingerprint density at radius 1 is 1.00 bits per heavy atom. The third-order valence-electron chi connectivity index (χ3n) is 3.15. The van der Waals surface area contributed by atoms with Gasteiger partial charge < -0.3 is 10.1 Å². The van der Waals surface area contributed by atoms with Crippen LogP contribution in [0.25, 0.3) is 0 Å². The second kappa shape index (κ2) is 8.18. The van der Waals surface area contributed by atoms with Gasteiger partial charge in [0.2, 0.25) is 0 Å². The Balaban J connectivity index is 3.14. The molecule has 1 rings (SSSR count). The van der Waals surface area contributed by atoms with Crippen LogP contribution in [0.3, 0.4) is 0 Å². The zero-order chi connectivity index (χ0) is 19.3. The average molecular weight is 353 g/mol. The molecule has 10 nitrogen and oxygen atoms in total. The van der Waals surface area contributed by atoms with Gasteiger partial charge in [-0.25, -0.2) is 4.79 Å². The van der Waals surface area contributed by atoms with Crippen molar-refractivity contribution in [2.45, 2.75) is 39.8 Å². The average Bonchev–Trinajstić information content (AvgIpc) is 2.50. The fourth-order valence-electron chi connectivity index (χ4n) is 1.97. The molecule has 0 saturated carbocycles. The Hall–Kier alpha value is -3.04. The summed E-state index contributed by atoms with van der Waals surface area (Å²) >= 11 is 0. The number of ether oxygens (including phenoxy) is 1. The second-order valence-corrected chi connectivity index (χ2v) is 5.93. The molecule has 0 aliphatic heterocycles. The van der Waals surface area contributed by atoms with E-state index >= 15 is 0 Å². The van der Waals surface area contributed by atoms with Gasteiger partial charge in [-0.3, -0.25) is 25.0 Å². The van der Waals surface area contributed by atoms with Gasteiger partial charge in [0.25, 0.3) is 17.3 Å². The summed E-state index contributed by atoms with van der Waals surface area (Å²) in [4.78, 5) is 44.5. The summed E-state index contributed by atoms with van der Waals surface area (Å²) in [5.41, 5.74) is -1.47. The SMILES string of the molecule is CC(C)OC(=O)C(NC(=O)c1cc([N+](=O)[O-])cc([N+](=O)[O-])c1)C(C)C. The first kappa shape index (κ1) is 20.0. The largest absolute Gasteiger partial charge is 0.461 e. The van der Waals surface area contributed by atoms with Crippen LogP contribution in [0.4, 0.5) is 11.4 Å². The Bertz CT molecular complexity index is 668. The highest BCUT2D eigenvalue weighted by atomic mass is 16.6. The van der Waals surface area contributed by atoms with Gasteiger partial charge in [-0.15, -0.1) is 0 Å². The molecule has 0 aromatic heterocycles. The van der Waals surface area contributed by atoms with Crippen molar-refractivity contribution >= 4 is 23.3 Å². The van der Waals surface area contributed by atoms with E-state index in [1.165, 1.54) is 0 Å². The minimum atomic E-state index is -0.992. The molecular weight excluding hydrogens is 334 g/mol. The number of nitro benzene ring substituents is 2. The molecule has 0 aliphatic carbocycles. The van der Waals surface area contributed by atoms with Gasteiger partial charge in [-0.1, -0.05) is 13.8 Å². The maximum atomic E-state index is 12.3. The minimum Gasteiger partial charge on any atom is -0.461 e. The Kier molecular flexibility index (Phi) is 6.54. The van der Waals surface area contributed by atoms with Gasteiger partial charge in [-0.05, 0) is 19.8 Å². The van der Waals surface area contributed by atoms with Crippen LogP contribution in [0, 0.1) is 26.1 Å². The van der Waals surface area contributed by atoms with E-state index in [4.69, 9.17) is 4.74 Å². The van der Waals surface area contributed by atoms with Crippen molar-refractivity contribution in [1.29, 1.82) is 0 Å². The molecule has 0 fully saturated rings. The lowest BCUT2D eigenvalue weighted by atomic mass is 10.0. The Labute approximate surface area is 143 Å². The molecule has 0 radical (unpaired) electrons. The smallest absolute Gasteiger partial charge is 0.329 e. The lowest BCUT2D eigenvalue weighted by Crippen LogP contribution is -2.46. The number of nitro groups is 2. The summed E-state index contributed by atoms with van der Waals surface area (Å²) in [6, 6.07) is 1.58. The first-order valence-corrected chi connectivity index (χ1v) is 7.48. The van der Waals surface area contributed by atoms with Crippen LogP contribution < -0.4 is 5.32 Å². The quantitative estimate of drug-likeness (QED) is 0.450. The van der Waals surface area contributed by atoms with E-state index in [2.05, 4.69) is 5.32 Å². The van der Waals surface area contributed by atoms with Gasteiger partial charge in [0.05, 0.1) is 27.6 Å². The van der Waals surface area contributed by atoms with Crippen molar-refractivity contribution in [3.8, 4) is 0 Å². The molecule has 136 valence electrons. The topological polar surface area (TPSA) is 142 Å². The monoisotopic (exact) mass is 353 g/mol. The maximum absolute atomic E-state index is 12.3. The van der Waals surface area contributed by atoms with E-state index in [0.29, 0.717) is 0 Å². The molecular formula is C15H19N3O7. The van der Waals surface area contributed by atoms with E-state index in [-0.39, 0.29) is 17.6 Å². The number of benzene rings is 1. The summed E-state index contributed by atoms with van der Waals surface area (Å²) in [5, 5.41) is 24.2. The standard InChI is InChI=1S/C15H19N3O7/c1-8(2)13(15(20)25-9(3)4)16-14(19)10-5-11(17(21)22)7-12(6-10)18(23)24/h5-9,13H,1-4H3,(H,16,19). The molecule has 1 aromatic carbocycles. The predicted molar refractivity (Wildman–Crippen MR) is 87.1 cm³/mol. The Morgan fingerprint density at radius 2 is 1.48 bits per heavy atom. The molecule has 1 N–H and O–H groups in total. The number of amides is 1. The first-order chi connectivity index (χ1) is 11.5. The normalized spacial score (nSPS) is 11.9. The molecule has 0 bridgehead atoms. The number of non-ortho nitro benzene ring substituents is 2. The molecule has 1 amide bonds. The molecule has 25 heavy (non-hydrogen) atoms. The van der Waals surface area contributed by atoms with E-state index in [1.54, 1.807) is 27.7 Å². The number of nitrogens with one attached hydrogen (secondary N) is 1. The summed E-state index contributed by atoms with van der Waals surface area (Å²) < 4.78 is 5.06. The summed E-state index contributed by atoms with van der Waals surface area (Å²) in [6.45, 7) is 6.67. The number of carbonyl (C=O) groups is 2. The van der Waals surface area contributed by atoms with Gasteiger partial charge in [-0.2, -0.15) is 0 Å². The van der Waals surface area contributed by atoms with Crippen LogP contribution in [-0.2, 0) is 9.53 Å². The summed E-state index contributed by atoms with van der Waals surface area (Å²) in [7, 11) is 0. The molecule has 0 heterocycles. The zero-order valence-corrected chi connectivity index (χ0v) is 14.2. The first-order valence-electron chi connectivity index (χ1n) is 7.48. The van der Waals surface area contributed by atoms with Crippen molar-refractivity contribution in [3.63, 3.8) is 0 Å². The number of hydrogen-bond acceptors (Lipinski definition) is 7. The van der Waals surface area contributed by atoms with Gasteiger partial charge in [0.15, 0.2) is 0 Å². The van der Waals surface area contributed by atoms with E-state index in [1.807, 2.05) is 0 Å². The van der Waals surface area contributed by atoms with E-state index in [0.717, 1.165) is 18.2 Å². The molecule has 0 aliphatic rings. The number of nitrogens with zero attached hydrogens (tertiary/aromatic N) is 2. The van der Waals surface area contributed by atoms with Crippen LogP contribution in [0.1, 0.15) is 38.1 Å². The molecule has 1 atom stereocenters. The fraction of sp³-hybridized carbons (Fsp3) is 0.467. The van der Waals surface area contributed by atoms with Crippen LogP contribution in [0.2, 0.25) is 0 Å². The highest BCUT2D eigenvalue weighted by Crippen LogP contribution is 2.23. The third kappa shape index (κ3) is 5.52. The summed E-state index contributed by atoms with van der Waals surface area (Å²) in [6.07, 6.45) is -0.385. The highest BCUT2D eigenvalue weighted by molar-refractivity contribution is 5.98. The van der Waals surface area contributed by atoms with E-state index in [9.17, 15) is 29.8 Å². The van der Waals surface area contributed by atoms with Crippen molar-refractivity contribution < 1.29 is 24.2 Å². The third-order valence-corrected chi connectivity index (χ3v) is 3.15. The van der Waals surface area contributed by atoms with E-state index < -0.39 is 39.1 Å².